The van der Waals surface area contributed by atoms with Crippen molar-refractivity contribution in [1.82, 2.24) is 9.97 Å². The lowest BCUT2D eigenvalue weighted by atomic mass is 10.3. The van der Waals surface area contributed by atoms with Crippen molar-refractivity contribution in [3.63, 3.8) is 0 Å². The Kier molecular flexibility index (Phi) is 4.75. The number of hydrogen-bond acceptors (Lipinski definition) is 7. The summed E-state index contributed by atoms with van der Waals surface area (Å²) in [7, 11) is 0. The molecular weight excluding hydrogens is 380 g/mol. The Morgan fingerprint density at radius 3 is 2.57 bits per heavy atom. The first-order chi connectivity index (χ1) is 14.8. The molecule has 30 heavy (non-hydrogen) atoms. The van der Waals surface area contributed by atoms with Crippen molar-refractivity contribution < 1.29 is 14.2 Å². The van der Waals surface area contributed by atoms with Gasteiger partial charge in [-0.2, -0.15) is 4.98 Å². The fourth-order valence-corrected chi connectivity index (χ4v) is 3.01. The van der Waals surface area contributed by atoms with E-state index in [4.69, 9.17) is 14.2 Å². The van der Waals surface area contributed by atoms with Crippen molar-refractivity contribution in [2.45, 2.75) is 0 Å². The Labute approximate surface area is 173 Å². The summed E-state index contributed by atoms with van der Waals surface area (Å²) in [5.74, 6) is 3.98. The Morgan fingerprint density at radius 1 is 0.800 bits per heavy atom. The molecule has 1 aliphatic rings. The van der Waals surface area contributed by atoms with E-state index in [1.807, 2.05) is 72.8 Å². The number of aromatic nitrogens is 2. The molecule has 0 bridgehead atoms. The van der Waals surface area contributed by atoms with Crippen LogP contribution >= 0.6 is 0 Å². The number of nitrogens with one attached hydrogen (secondary N) is 2. The van der Waals surface area contributed by atoms with Gasteiger partial charge < -0.3 is 24.8 Å². The average molecular weight is 398 g/mol. The van der Waals surface area contributed by atoms with Gasteiger partial charge in [0, 0.05) is 18.0 Å². The first-order valence-electron chi connectivity index (χ1n) is 9.42. The number of fused-ring (bicyclic) bond motifs is 1. The summed E-state index contributed by atoms with van der Waals surface area (Å²) >= 11 is 0. The molecule has 4 aromatic rings. The van der Waals surface area contributed by atoms with E-state index in [9.17, 15) is 0 Å². The molecule has 2 N–H and O–H groups in total. The number of rotatable bonds is 6. The fraction of sp³-hybridized carbons (Fsp3) is 0.0435. The number of anilines is 4. The van der Waals surface area contributed by atoms with Gasteiger partial charge in [-0.25, -0.2) is 4.98 Å². The van der Waals surface area contributed by atoms with Crippen LogP contribution in [0, 0.1) is 0 Å². The highest BCUT2D eigenvalue weighted by Crippen LogP contribution is 2.35. The Morgan fingerprint density at radius 2 is 1.63 bits per heavy atom. The number of nitrogens with zero attached hydrogens (tertiary/aromatic N) is 2. The van der Waals surface area contributed by atoms with E-state index in [0.29, 0.717) is 23.3 Å². The fourth-order valence-electron chi connectivity index (χ4n) is 3.01. The lowest BCUT2D eigenvalue weighted by Crippen LogP contribution is -2.01. The van der Waals surface area contributed by atoms with Gasteiger partial charge in [0.2, 0.25) is 12.7 Å². The van der Waals surface area contributed by atoms with E-state index in [2.05, 4.69) is 20.6 Å². The minimum absolute atomic E-state index is 0.241. The third-order valence-electron chi connectivity index (χ3n) is 4.41. The third kappa shape index (κ3) is 3.95. The molecule has 1 aromatic heterocycles. The molecule has 0 aliphatic carbocycles. The van der Waals surface area contributed by atoms with Crippen molar-refractivity contribution in [1.29, 1.82) is 0 Å². The van der Waals surface area contributed by atoms with Crippen LogP contribution in [0.15, 0.2) is 85.1 Å². The highest BCUT2D eigenvalue weighted by Gasteiger charge is 2.13. The molecule has 7 nitrogen and oxygen atoms in total. The van der Waals surface area contributed by atoms with E-state index >= 15 is 0 Å². The minimum Gasteiger partial charge on any atom is -0.455 e. The van der Waals surface area contributed by atoms with Crippen LogP contribution in [0.3, 0.4) is 0 Å². The molecule has 0 spiro atoms. The number of para-hydroxylation sites is 3. The van der Waals surface area contributed by atoms with Gasteiger partial charge in [-0.1, -0.05) is 30.3 Å². The molecule has 7 heteroatoms. The third-order valence-corrected chi connectivity index (χ3v) is 4.41. The maximum absolute atomic E-state index is 5.99. The van der Waals surface area contributed by atoms with E-state index < -0.39 is 0 Å². The Balaban J connectivity index is 1.34. The number of ether oxygens (including phenoxy) is 3. The van der Waals surface area contributed by atoms with Crippen molar-refractivity contribution in [2.24, 2.45) is 0 Å². The SMILES string of the molecule is c1ccc(Oc2ccccc2Nc2nccc(Nc3ccc4c(c3)OCO4)n2)cc1. The predicted octanol–water partition coefficient (Wildman–Crippen LogP) is 5.48. The molecule has 0 radical (unpaired) electrons. The summed E-state index contributed by atoms with van der Waals surface area (Å²) in [6, 6.07) is 24.7. The Hall–Kier alpha value is -4.26. The molecule has 0 amide bonds. The summed E-state index contributed by atoms with van der Waals surface area (Å²) in [6.07, 6.45) is 1.69. The summed E-state index contributed by atoms with van der Waals surface area (Å²) in [5, 5.41) is 6.49. The average Bonchev–Trinajstić information content (AvgIpc) is 3.24. The van der Waals surface area contributed by atoms with E-state index in [1.165, 1.54) is 0 Å². The van der Waals surface area contributed by atoms with E-state index in [1.54, 1.807) is 12.3 Å². The second-order valence-electron chi connectivity index (χ2n) is 6.49. The van der Waals surface area contributed by atoms with Crippen LogP contribution in [0.1, 0.15) is 0 Å². The van der Waals surface area contributed by atoms with Crippen molar-refractivity contribution in [3.8, 4) is 23.0 Å². The van der Waals surface area contributed by atoms with E-state index in [-0.39, 0.29) is 6.79 Å². The molecule has 1 aliphatic heterocycles. The van der Waals surface area contributed by atoms with Crippen LogP contribution in [0.2, 0.25) is 0 Å². The maximum atomic E-state index is 5.99. The second kappa shape index (κ2) is 8.00. The van der Waals surface area contributed by atoms with Gasteiger partial charge in [0.15, 0.2) is 17.2 Å². The topological polar surface area (TPSA) is 77.5 Å². The highest BCUT2D eigenvalue weighted by atomic mass is 16.7. The largest absolute Gasteiger partial charge is 0.455 e. The molecule has 0 atom stereocenters. The predicted molar refractivity (Wildman–Crippen MR) is 114 cm³/mol. The van der Waals surface area contributed by atoms with Gasteiger partial charge in [0.1, 0.15) is 11.6 Å². The first-order valence-corrected chi connectivity index (χ1v) is 9.42. The van der Waals surface area contributed by atoms with Crippen LogP contribution in [0.25, 0.3) is 0 Å². The quantitative estimate of drug-likeness (QED) is 0.445. The van der Waals surface area contributed by atoms with E-state index in [0.717, 1.165) is 22.9 Å². The van der Waals surface area contributed by atoms with Crippen LogP contribution < -0.4 is 24.8 Å². The summed E-state index contributed by atoms with van der Waals surface area (Å²) in [6.45, 7) is 0.241. The Bertz CT molecular complexity index is 1170. The zero-order valence-corrected chi connectivity index (χ0v) is 15.9. The summed E-state index contributed by atoms with van der Waals surface area (Å²) in [5.41, 5.74) is 1.61. The number of benzene rings is 3. The molecular formula is C23H18N4O3. The number of hydrogen-bond donors (Lipinski definition) is 2. The first kappa shape index (κ1) is 17.8. The summed E-state index contributed by atoms with van der Waals surface area (Å²) < 4.78 is 16.8. The monoisotopic (exact) mass is 398 g/mol. The second-order valence-corrected chi connectivity index (χ2v) is 6.49. The molecule has 0 unspecified atom stereocenters. The molecule has 148 valence electrons. The maximum Gasteiger partial charge on any atom is 0.231 e. The molecule has 0 saturated heterocycles. The van der Waals surface area contributed by atoms with Gasteiger partial charge in [0.25, 0.3) is 0 Å². The lowest BCUT2D eigenvalue weighted by Gasteiger charge is -2.13. The smallest absolute Gasteiger partial charge is 0.231 e. The minimum atomic E-state index is 0.241. The normalized spacial score (nSPS) is 11.7. The molecule has 0 saturated carbocycles. The zero-order chi connectivity index (χ0) is 20.2. The van der Waals surface area contributed by atoms with Gasteiger partial charge in [-0.05, 0) is 42.5 Å². The van der Waals surface area contributed by atoms with Crippen LogP contribution in [-0.4, -0.2) is 16.8 Å². The highest BCUT2D eigenvalue weighted by molar-refractivity contribution is 5.66. The van der Waals surface area contributed by atoms with Crippen molar-refractivity contribution >= 4 is 23.1 Å². The van der Waals surface area contributed by atoms with Crippen LogP contribution in [0.5, 0.6) is 23.0 Å². The van der Waals surface area contributed by atoms with Gasteiger partial charge >= 0.3 is 0 Å². The molecule has 0 fully saturated rings. The standard InChI is InChI=1S/C23H18N4O3/c1-2-6-17(7-3-1)30-19-9-5-4-8-18(19)26-23-24-13-12-22(27-23)25-16-10-11-20-21(14-16)29-15-28-20/h1-14H,15H2,(H2,24,25,26,27). The molecule has 2 heterocycles. The van der Waals surface area contributed by atoms with Gasteiger partial charge in [-0.15, -0.1) is 0 Å². The van der Waals surface area contributed by atoms with Gasteiger partial charge in [0.05, 0.1) is 5.69 Å². The summed E-state index contributed by atoms with van der Waals surface area (Å²) in [4.78, 5) is 8.86. The molecule has 3 aromatic carbocycles. The molecule has 5 rings (SSSR count). The van der Waals surface area contributed by atoms with Gasteiger partial charge in [-0.3, -0.25) is 0 Å². The van der Waals surface area contributed by atoms with Crippen molar-refractivity contribution in [3.05, 3.63) is 85.1 Å². The van der Waals surface area contributed by atoms with Crippen LogP contribution in [-0.2, 0) is 0 Å². The van der Waals surface area contributed by atoms with Crippen LogP contribution in [0.4, 0.5) is 23.1 Å². The lowest BCUT2D eigenvalue weighted by molar-refractivity contribution is 0.174. The van der Waals surface area contributed by atoms with Crippen molar-refractivity contribution in [2.75, 3.05) is 17.4 Å². The zero-order valence-electron chi connectivity index (χ0n) is 15.9.